The second-order valence-electron chi connectivity index (χ2n) is 4.15. The van der Waals surface area contributed by atoms with Crippen LogP contribution in [0.2, 0.25) is 18.1 Å². The number of hydrogen-bond donors (Lipinski definition) is 0. The van der Waals surface area contributed by atoms with Gasteiger partial charge in [0.2, 0.25) is 0 Å². The van der Waals surface area contributed by atoms with Crippen molar-refractivity contribution in [3.63, 3.8) is 0 Å². The minimum Gasteiger partial charge on any atom is -0.376 e. The number of hydrogen-bond acceptors (Lipinski definition) is 1. The summed E-state index contributed by atoms with van der Waals surface area (Å²) in [4.78, 5) is 0. The van der Waals surface area contributed by atoms with E-state index in [4.69, 9.17) is 4.74 Å². The first-order chi connectivity index (χ1) is 5.36. The van der Waals surface area contributed by atoms with Gasteiger partial charge in [-0.05, 0) is 5.04 Å². The van der Waals surface area contributed by atoms with Crippen LogP contribution in [0.3, 0.4) is 0 Å². The third kappa shape index (κ3) is 5.12. The molecule has 0 unspecified atom stereocenters. The molecule has 0 saturated heterocycles. The molecule has 0 rings (SSSR count). The summed E-state index contributed by atoms with van der Waals surface area (Å²) in [5.41, 5.74) is 0. The minimum atomic E-state index is -0.613. The average Bonchev–Trinajstić information content (AvgIpc) is 1.85. The Labute approximate surface area is 85.9 Å². The Bertz CT molecular complexity index is 155. The normalized spacial score (nSPS) is 12.2. The Kier molecular flexibility index (Phi) is 5.37. The Balaban J connectivity index is 3.69. The summed E-state index contributed by atoms with van der Waals surface area (Å²) in [7, 11) is -0.613. The van der Waals surface area contributed by atoms with Gasteiger partial charge >= 0.3 is 0 Å². The Morgan fingerprint density at radius 2 is 2.00 bits per heavy atom. The molecule has 1 nitrogen and oxygen atoms in total. The molecule has 0 atom stereocenters. The molecule has 0 fully saturated rings. The van der Waals surface area contributed by atoms with E-state index in [0.29, 0.717) is 11.6 Å². The molecule has 0 aromatic carbocycles. The third-order valence-corrected chi connectivity index (χ3v) is 5.82. The number of halogens is 1. The van der Waals surface area contributed by atoms with Crippen molar-refractivity contribution in [1.29, 1.82) is 0 Å². The van der Waals surface area contributed by atoms with Crippen LogP contribution in [0.15, 0.2) is 11.1 Å². The van der Waals surface area contributed by atoms with E-state index in [0.717, 1.165) is 11.1 Å². The van der Waals surface area contributed by atoms with Crippen LogP contribution < -0.4 is 0 Å². The van der Waals surface area contributed by atoms with Crippen LogP contribution in [0.4, 0.5) is 0 Å². The van der Waals surface area contributed by atoms with Gasteiger partial charge in [-0.1, -0.05) is 49.5 Å². The van der Waals surface area contributed by atoms with Crippen LogP contribution in [-0.2, 0) is 4.74 Å². The third-order valence-electron chi connectivity index (χ3n) is 2.30. The lowest BCUT2D eigenvalue weighted by molar-refractivity contribution is 0.137. The predicted molar refractivity (Wildman–Crippen MR) is 61.8 cm³/mol. The standard InChI is InChI=1S/C9H19BrOSi/c1-8(10)6-11-7-9(2,3)12(4)5/h12H,1,6-7H2,2-5H3. The molecule has 0 N–H and O–H groups in total. The van der Waals surface area contributed by atoms with Gasteiger partial charge in [0.1, 0.15) is 0 Å². The second-order valence-corrected chi connectivity index (χ2v) is 9.15. The summed E-state index contributed by atoms with van der Waals surface area (Å²) in [6.45, 7) is 14.5. The predicted octanol–water partition coefficient (Wildman–Crippen LogP) is 3.18. The van der Waals surface area contributed by atoms with Gasteiger partial charge in [0.05, 0.1) is 6.61 Å². The zero-order chi connectivity index (χ0) is 9.78. The first kappa shape index (κ1) is 12.4. The summed E-state index contributed by atoms with van der Waals surface area (Å²) in [6, 6.07) is 0. The summed E-state index contributed by atoms with van der Waals surface area (Å²) in [5.74, 6) is 0. The lowest BCUT2D eigenvalue weighted by Crippen LogP contribution is -2.26. The van der Waals surface area contributed by atoms with Crippen molar-refractivity contribution in [2.24, 2.45) is 0 Å². The summed E-state index contributed by atoms with van der Waals surface area (Å²) in [6.07, 6.45) is 0. The van der Waals surface area contributed by atoms with E-state index in [9.17, 15) is 0 Å². The topological polar surface area (TPSA) is 9.23 Å². The van der Waals surface area contributed by atoms with Crippen molar-refractivity contribution in [1.82, 2.24) is 0 Å². The molecule has 0 aliphatic carbocycles. The monoisotopic (exact) mass is 250 g/mol. The quantitative estimate of drug-likeness (QED) is 0.682. The van der Waals surface area contributed by atoms with E-state index < -0.39 is 8.80 Å². The van der Waals surface area contributed by atoms with Crippen LogP contribution in [0.25, 0.3) is 0 Å². The first-order valence-corrected chi connectivity index (χ1v) is 7.95. The van der Waals surface area contributed by atoms with Gasteiger partial charge in [-0.15, -0.1) is 0 Å². The van der Waals surface area contributed by atoms with Crippen LogP contribution in [0.5, 0.6) is 0 Å². The van der Waals surface area contributed by atoms with Crippen molar-refractivity contribution < 1.29 is 4.74 Å². The lowest BCUT2D eigenvalue weighted by atomic mass is 10.2. The van der Waals surface area contributed by atoms with Gasteiger partial charge in [0.15, 0.2) is 0 Å². The Morgan fingerprint density at radius 3 is 2.33 bits per heavy atom. The molecule has 0 aliphatic rings. The molecule has 0 bridgehead atoms. The highest BCUT2D eigenvalue weighted by molar-refractivity contribution is 9.11. The highest BCUT2D eigenvalue weighted by Crippen LogP contribution is 2.28. The smallest absolute Gasteiger partial charge is 0.0775 e. The highest BCUT2D eigenvalue weighted by Gasteiger charge is 2.23. The largest absolute Gasteiger partial charge is 0.376 e. The zero-order valence-corrected chi connectivity index (χ0v) is 11.2. The van der Waals surface area contributed by atoms with E-state index in [-0.39, 0.29) is 0 Å². The van der Waals surface area contributed by atoms with E-state index in [1.54, 1.807) is 0 Å². The van der Waals surface area contributed by atoms with Crippen molar-refractivity contribution in [2.75, 3.05) is 13.2 Å². The molecule has 3 heteroatoms. The molecule has 0 heterocycles. The van der Waals surface area contributed by atoms with Crippen LogP contribution in [0, 0.1) is 0 Å². The second kappa shape index (κ2) is 5.20. The molecular weight excluding hydrogens is 232 g/mol. The first-order valence-electron chi connectivity index (χ1n) is 4.27. The molecule has 0 spiro atoms. The van der Waals surface area contributed by atoms with E-state index >= 15 is 0 Å². The van der Waals surface area contributed by atoms with Crippen molar-refractivity contribution >= 4 is 24.7 Å². The fourth-order valence-corrected chi connectivity index (χ4v) is 1.20. The Hall–Kier alpha value is 0.397. The van der Waals surface area contributed by atoms with Crippen molar-refractivity contribution in [3.8, 4) is 0 Å². The minimum absolute atomic E-state index is 0.391. The van der Waals surface area contributed by atoms with E-state index in [1.165, 1.54) is 0 Å². The fraction of sp³-hybridized carbons (Fsp3) is 0.778. The maximum Gasteiger partial charge on any atom is 0.0775 e. The number of rotatable bonds is 5. The molecule has 0 aromatic heterocycles. The molecule has 0 saturated carbocycles. The van der Waals surface area contributed by atoms with Gasteiger partial charge in [0.25, 0.3) is 0 Å². The van der Waals surface area contributed by atoms with Gasteiger partial charge in [-0.25, -0.2) is 0 Å². The van der Waals surface area contributed by atoms with Gasteiger partial charge in [-0.2, -0.15) is 0 Å². The molecule has 72 valence electrons. The van der Waals surface area contributed by atoms with Gasteiger partial charge < -0.3 is 4.74 Å². The summed E-state index contributed by atoms with van der Waals surface area (Å²) >= 11 is 3.27. The van der Waals surface area contributed by atoms with Crippen LogP contribution in [-0.4, -0.2) is 22.0 Å². The van der Waals surface area contributed by atoms with Gasteiger partial charge in [0, 0.05) is 19.9 Å². The lowest BCUT2D eigenvalue weighted by Gasteiger charge is -2.27. The van der Waals surface area contributed by atoms with E-state index in [1.807, 2.05) is 0 Å². The molecule has 12 heavy (non-hydrogen) atoms. The summed E-state index contributed by atoms with van der Waals surface area (Å²) in [5, 5.41) is 0.391. The van der Waals surface area contributed by atoms with Crippen LogP contribution >= 0.6 is 15.9 Å². The molecule has 0 aliphatic heterocycles. The molecular formula is C9H19BrOSi. The average molecular weight is 251 g/mol. The zero-order valence-electron chi connectivity index (χ0n) is 8.48. The molecule has 0 radical (unpaired) electrons. The maximum atomic E-state index is 5.51. The summed E-state index contributed by atoms with van der Waals surface area (Å²) < 4.78 is 6.43. The highest BCUT2D eigenvalue weighted by atomic mass is 79.9. The Morgan fingerprint density at radius 1 is 1.50 bits per heavy atom. The SMILES string of the molecule is C=C(Br)COCC(C)(C)[SiH](C)C. The number of ether oxygens (including phenoxy) is 1. The fourth-order valence-electron chi connectivity index (χ4n) is 0.591. The van der Waals surface area contributed by atoms with Crippen molar-refractivity contribution in [3.05, 3.63) is 11.1 Å². The van der Waals surface area contributed by atoms with Crippen LogP contribution in [0.1, 0.15) is 13.8 Å². The van der Waals surface area contributed by atoms with Gasteiger partial charge in [-0.3, -0.25) is 0 Å². The molecule has 0 aromatic rings. The molecule has 0 amide bonds. The van der Waals surface area contributed by atoms with Crippen molar-refractivity contribution in [2.45, 2.75) is 32.0 Å². The maximum absolute atomic E-state index is 5.51. The van der Waals surface area contributed by atoms with E-state index in [2.05, 4.69) is 49.5 Å².